The van der Waals surface area contributed by atoms with Crippen LogP contribution in [0.3, 0.4) is 0 Å². The summed E-state index contributed by atoms with van der Waals surface area (Å²) >= 11 is 5.43. The van der Waals surface area contributed by atoms with Crippen molar-refractivity contribution in [3.63, 3.8) is 0 Å². The molecule has 3 nitrogen and oxygen atoms in total. The Labute approximate surface area is 122 Å². The highest BCUT2D eigenvalue weighted by Gasteiger charge is 2.08. The number of fused-ring (bicyclic) bond motifs is 1. The molecule has 20 heavy (non-hydrogen) atoms. The lowest BCUT2D eigenvalue weighted by molar-refractivity contribution is 1.06. The highest BCUT2D eigenvalue weighted by Crippen LogP contribution is 2.22. The van der Waals surface area contributed by atoms with Gasteiger partial charge >= 0.3 is 0 Å². The van der Waals surface area contributed by atoms with Gasteiger partial charge in [0.25, 0.3) is 0 Å². The van der Waals surface area contributed by atoms with Crippen molar-refractivity contribution in [2.75, 3.05) is 0 Å². The van der Waals surface area contributed by atoms with Crippen LogP contribution in [0, 0.1) is 23.0 Å². The fourth-order valence-corrected chi connectivity index (χ4v) is 2.74. The molecule has 4 heteroatoms. The molecule has 0 aliphatic rings. The Bertz CT molecular complexity index is 863. The van der Waals surface area contributed by atoms with Gasteiger partial charge in [0.15, 0.2) is 4.77 Å². The number of hydrogen-bond donors (Lipinski definition) is 1. The normalized spacial score (nSPS) is 10.6. The van der Waals surface area contributed by atoms with Crippen LogP contribution in [0.25, 0.3) is 16.7 Å². The first-order valence-corrected chi connectivity index (χ1v) is 6.78. The summed E-state index contributed by atoms with van der Waals surface area (Å²) in [6.45, 7) is 2.07. The number of nitriles is 1. The van der Waals surface area contributed by atoms with Crippen LogP contribution in [0.4, 0.5) is 0 Å². The molecule has 3 aromatic rings. The van der Waals surface area contributed by atoms with E-state index in [1.165, 1.54) is 5.56 Å². The van der Waals surface area contributed by atoms with E-state index in [1.54, 1.807) is 0 Å². The van der Waals surface area contributed by atoms with Crippen molar-refractivity contribution >= 4 is 23.3 Å². The number of H-pyrrole nitrogens is 1. The van der Waals surface area contributed by atoms with E-state index in [-0.39, 0.29) is 0 Å². The topological polar surface area (TPSA) is 44.5 Å². The molecule has 98 valence electrons. The molecule has 0 atom stereocenters. The molecular weight excluding hydrogens is 266 g/mol. The van der Waals surface area contributed by atoms with Crippen LogP contribution < -0.4 is 0 Å². The molecule has 1 heterocycles. The maximum Gasteiger partial charge on any atom is 0.182 e. The number of nitrogens with zero attached hydrogens (tertiary/aromatic N) is 2. The van der Waals surface area contributed by atoms with E-state index in [0.717, 1.165) is 22.3 Å². The highest BCUT2D eigenvalue weighted by molar-refractivity contribution is 7.71. The molecule has 0 saturated carbocycles. The Morgan fingerprint density at radius 1 is 1.20 bits per heavy atom. The lowest BCUT2D eigenvalue weighted by Gasteiger charge is -2.07. The zero-order chi connectivity index (χ0) is 14.1. The number of nitrogens with one attached hydrogen (secondary N) is 1. The molecule has 1 aromatic heterocycles. The minimum Gasteiger partial charge on any atom is -0.330 e. The molecular formula is C16H13N3S. The molecule has 2 aromatic carbocycles. The summed E-state index contributed by atoms with van der Waals surface area (Å²) in [7, 11) is 0. The Morgan fingerprint density at radius 2 is 1.95 bits per heavy atom. The molecule has 0 unspecified atom stereocenters. The molecule has 0 bridgehead atoms. The number of rotatable bonds is 2. The average molecular weight is 279 g/mol. The Morgan fingerprint density at radius 3 is 2.65 bits per heavy atom. The van der Waals surface area contributed by atoms with E-state index in [0.29, 0.717) is 11.2 Å². The molecule has 1 N–H and O–H groups in total. The third kappa shape index (κ3) is 2.02. The van der Waals surface area contributed by atoms with E-state index >= 15 is 0 Å². The van der Waals surface area contributed by atoms with E-state index in [2.05, 4.69) is 24.0 Å². The predicted molar refractivity (Wildman–Crippen MR) is 82.5 cm³/mol. The van der Waals surface area contributed by atoms with Gasteiger partial charge in [-0.15, -0.1) is 0 Å². The van der Waals surface area contributed by atoms with E-state index in [4.69, 9.17) is 17.5 Å². The van der Waals surface area contributed by atoms with Crippen molar-refractivity contribution in [2.45, 2.75) is 13.3 Å². The fourth-order valence-electron chi connectivity index (χ4n) is 2.43. The third-order valence-corrected chi connectivity index (χ3v) is 3.67. The van der Waals surface area contributed by atoms with Gasteiger partial charge < -0.3 is 4.98 Å². The third-order valence-electron chi connectivity index (χ3n) is 3.38. The second-order valence-corrected chi connectivity index (χ2v) is 5.12. The van der Waals surface area contributed by atoms with Crippen LogP contribution >= 0.6 is 12.2 Å². The van der Waals surface area contributed by atoms with Crippen molar-refractivity contribution in [1.82, 2.24) is 9.55 Å². The summed E-state index contributed by atoms with van der Waals surface area (Å²) in [6.07, 6.45) is 0.429. The van der Waals surface area contributed by atoms with Crippen molar-refractivity contribution < 1.29 is 0 Å². The van der Waals surface area contributed by atoms with Gasteiger partial charge in [-0.1, -0.05) is 24.3 Å². The van der Waals surface area contributed by atoms with Gasteiger partial charge in [0.2, 0.25) is 0 Å². The first-order chi connectivity index (χ1) is 9.70. The second-order valence-electron chi connectivity index (χ2n) is 4.74. The summed E-state index contributed by atoms with van der Waals surface area (Å²) in [4.78, 5) is 3.23. The maximum atomic E-state index is 8.72. The SMILES string of the molecule is Cc1cccc2[nH]c(=S)n(-c3ccc(CC#N)cc3)c12. The summed E-state index contributed by atoms with van der Waals surface area (Å²) in [5.41, 5.74) is 5.34. The van der Waals surface area contributed by atoms with Crippen LogP contribution in [0.1, 0.15) is 11.1 Å². The number of aromatic nitrogens is 2. The van der Waals surface area contributed by atoms with Gasteiger partial charge in [-0.05, 0) is 48.5 Å². The van der Waals surface area contributed by atoms with E-state index in [1.807, 2.05) is 41.0 Å². The van der Waals surface area contributed by atoms with Crippen LogP contribution in [0.15, 0.2) is 42.5 Å². The van der Waals surface area contributed by atoms with Gasteiger partial charge in [-0.2, -0.15) is 5.26 Å². The lowest BCUT2D eigenvalue weighted by Crippen LogP contribution is -1.95. The minimum absolute atomic E-state index is 0.429. The number of aryl methyl sites for hydroxylation is 1. The Kier molecular flexibility index (Phi) is 3.13. The quantitative estimate of drug-likeness (QED) is 0.719. The molecule has 3 rings (SSSR count). The smallest absolute Gasteiger partial charge is 0.182 e. The zero-order valence-corrected chi connectivity index (χ0v) is 11.9. The highest BCUT2D eigenvalue weighted by atomic mass is 32.1. The number of hydrogen-bond acceptors (Lipinski definition) is 2. The summed E-state index contributed by atoms with van der Waals surface area (Å²) < 4.78 is 2.72. The van der Waals surface area contributed by atoms with Crippen LogP contribution in [0.2, 0.25) is 0 Å². The predicted octanol–water partition coefficient (Wildman–Crippen LogP) is 4.06. The maximum absolute atomic E-state index is 8.72. The van der Waals surface area contributed by atoms with Crippen molar-refractivity contribution in [2.24, 2.45) is 0 Å². The van der Waals surface area contributed by atoms with Gasteiger partial charge in [-0.3, -0.25) is 4.57 Å². The summed E-state index contributed by atoms with van der Waals surface area (Å²) in [5.74, 6) is 0. The summed E-state index contributed by atoms with van der Waals surface area (Å²) in [6, 6.07) is 16.2. The average Bonchev–Trinajstić information content (AvgIpc) is 2.78. The first-order valence-electron chi connectivity index (χ1n) is 6.37. The first kappa shape index (κ1) is 12.6. The van der Waals surface area contributed by atoms with Crippen LogP contribution in [0.5, 0.6) is 0 Å². The van der Waals surface area contributed by atoms with Crippen molar-refractivity contribution in [1.29, 1.82) is 5.26 Å². The number of para-hydroxylation sites is 1. The van der Waals surface area contributed by atoms with Crippen molar-refractivity contribution in [3.05, 3.63) is 58.4 Å². The number of imidazole rings is 1. The molecule has 0 aliphatic heterocycles. The molecule has 0 amide bonds. The number of aromatic amines is 1. The largest absolute Gasteiger partial charge is 0.330 e. The lowest BCUT2D eigenvalue weighted by atomic mass is 10.1. The minimum atomic E-state index is 0.429. The van der Waals surface area contributed by atoms with Gasteiger partial charge in [0.05, 0.1) is 23.5 Å². The van der Waals surface area contributed by atoms with E-state index < -0.39 is 0 Å². The fraction of sp³-hybridized carbons (Fsp3) is 0.125. The van der Waals surface area contributed by atoms with Gasteiger partial charge in [0.1, 0.15) is 0 Å². The standard InChI is InChI=1S/C16H13N3S/c1-11-3-2-4-14-15(11)19(16(20)18-14)13-7-5-12(6-8-13)9-10-17/h2-8H,9H2,1H3,(H,18,20). The van der Waals surface area contributed by atoms with Crippen LogP contribution in [-0.4, -0.2) is 9.55 Å². The Balaban J connectivity index is 2.22. The summed E-state index contributed by atoms with van der Waals surface area (Å²) in [5, 5.41) is 8.72. The monoisotopic (exact) mass is 279 g/mol. The molecule has 0 saturated heterocycles. The molecule has 0 spiro atoms. The second kappa shape index (κ2) is 4.95. The van der Waals surface area contributed by atoms with E-state index in [9.17, 15) is 0 Å². The Hall–Kier alpha value is -2.38. The van der Waals surface area contributed by atoms with Gasteiger partial charge in [0, 0.05) is 5.69 Å². The number of benzene rings is 2. The molecule has 0 radical (unpaired) electrons. The zero-order valence-electron chi connectivity index (χ0n) is 11.1. The van der Waals surface area contributed by atoms with Crippen LogP contribution in [-0.2, 0) is 6.42 Å². The molecule has 0 aliphatic carbocycles. The molecule has 0 fully saturated rings. The van der Waals surface area contributed by atoms with Gasteiger partial charge in [-0.25, -0.2) is 0 Å². The van der Waals surface area contributed by atoms with Crippen molar-refractivity contribution in [3.8, 4) is 11.8 Å².